The van der Waals surface area contributed by atoms with Crippen LogP contribution in [0.2, 0.25) is 0 Å². The third-order valence-corrected chi connectivity index (χ3v) is 12.0. The Morgan fingerprint density at radius 3 is 2.25 bits per heavy atom. The fraction of sp³-hybridized carbons (Fsp3) is 0.462. The molecule has 2 bridgehead atoms. The molecule has 17 heteroatoms. The van der Waals surface area contributed by atoms with Crippen LogP contribution in [0.1, 0.15) is 78.7 Å². The quantitative estimate of drug-likeness (QED) is 0.261. The van der Waals surface area contributed by atoms with E-state index in [2.05, 4.69) is 35.3 Å². The maximum atomic E-state index is 13.5. The lowest BCUT2D eigenvalue weighted by Crippen LogP contribution is -2.56. The van der Waals surface area contributed by atoms with E-state index in [-0.39, 0.29) is 41.7 Å². The van der Waals surface area contributed by atoms with E-state index in [1.807, 2.05) is 12.3 Å². The normalized spacial score (nSPS) is 24.3. The number of fused-ring (bicyclic) bond motifs is 3. The molecule has 5 amide bonds. The van der Waals surface area contributed by atoms with Crippen LogP contribution in [0.5, 0.6) is 0 Å². The molecule has 8 rings (SSSR count). The Labute approximate surface area is 320 Å². The summed E-state index contributed by atoms with van der Waals surface area (Å²) in [5.41, 5.74) is -0.693. The van der Waals surface area contributed by atoms with Crippen molar-refractivity contribution in [2.75, 3.05) is 41.3 Å². The molecule has 292 valence electrons. The van der Waals surface area contributed by atoms with Gasteiger partial charge in [-0.15, -0.1) is 0 Å². The summed E-state index contributed by atoms with van der Waals surface area (Å²) < 4.78 is 42.1. The Hall–Kier alpha value is -5.76. The minimum absolute atomic E-state index is 0.0617. The van der Waals surface area contributed by atoms with Gasteiger partial charge in [-0.2, -0.15) is 18.3 Å². The van der Waals surface area contributed by atoms with E-state index in [1.165, 1.54) is 10.7 Å². The van der Waals surface area contributed by atoms with Crippen molar-refractivity contribution in [3.8, 4) is 0 Å². The molecule has 3 unspecified atom stereocenters. The van der Waals surface area contributed by atoms with Gasteiger partial charge in [0.2, 0.25) is 11.8 Å². The van der Waals surface area contributed by atoms with Gasteiger partial charge >= 0.3 is 6.18 Å². The second-order valence-electron chi connectivity index (χ2n) is 15.6. The fourth-order valence-electron chi connectivity index (χ4n) is 8.95. The van der Waals surface area contributed by atoms with Crippen molar-refractivity contribution in [2.24, 2.45) is 0 Å². The number of halogens is 3. The number of piperidine rings is 2. The highest BCUT2D eigenvalue weighted by molar-refractivity contribution is 6.23. The number of imide groups is 2. The molecule has 0 aliphatic carbocycles. The summed E-state index contributed by atoms with van der Waals surface area (Å²) in [6.07, 6.45) is 2.96. The van der Waals surface area contributed by atoms with Crippen molar-refractivity contribution in [3.05, 3.63) is 76.9 Å². The number of hydrogen-bond acceptors (Lipinski definition) is 9. The maximum absolute atomic E-state index is 13.5. The number of amides is 5. The predicted molar refractivity (Wildman–Crippen MR) is 197 cm³/mol. The van der Waals surface area contributed by atoms with Crippen LogP contribution in [0, 0.1) is 6.57 Å². The minimum atomic E-state index is -4.74. The number of alkyl halides is 3. The van der Waals surface area contributed by atoms with Crippen LogP contribution in [0.25, 0.3) is 4.85 Å². The first kappa shape index (κ1) is 37.2. The number of carbonyl (C=O) groups is 5. The van der Waals surface area contributed by atoms with E-state index < -0.39 is 58.5 Å². The van der Waals surface area contributed by atoms with Crippen molar-refractivity contribution in [2.45, 2.75) is 88.3 Å². The molecular weight excluding hydrogens is 731 g/mol. The number of aromatic nitrogens is 2. The number of nitrogens with one attached hydrogen (secondary N) is 2. The van der Waals surface area contributed by atoms with Crippen molar-refractivity contribution in [1.82, 2.24) is 24.9 Å². The van der Waals surface area contributed by atoms with Gasteiger partial charge in [0.05, 0.1) is 35.1 Å². The summed E-state index contributed by atoms with van der Waals surface area (Å²) in [5.74, 6) is -2.65. The Kier molecular flexibility index (Phi) is 9.14. The third kappa shape index (κ3) is 6.45. The summed E-state index contributed by atoms with van der Waals surface area (Å²) >= 11 is 0. The summed E-state index contributed by atoms with van der Waals surface area (Å²) in [7, 11) is 0. The highest BCUT2D eigenvalue weighted by Gasteiger charge is 2.46. The van der Waals surface area contributed by atoms with Crippen LogP contribution in [0.4, 0.5) is 35.9 Å². The van der Waals surface area contributed by atoms with Crippen molar-refractivity contribution in [3.63, 3.8) is 0 Å². The first-order valence-electron chi connectivity index (χ1n) is 18.7. The van der Waals surface area contributed by atoms with E-state index in [9.17, 15) is 37.1 Å². The number of benzene rings is 2. The lowest BCUT2D eigenvalue weighted by molar-refractivity contribution is -0.137. The van der Waals surface area contributed by atoms with Gasteiger partial charge in [-0.3, -0.25) is 43.8 Å². The highest BCUT2D eigenvalue weighted by Crippen LogP contribution is 2.42. The van der Waals surface area contributed by atoms with E-state index in [0.717, 1.165) is 80.3 Å². The topological polar surface area (TPSA) is 145 Å². The molecule has 14 nitrogen and oxygen atoms in total. The molecule has 4 saturated heterocycles. The van der Waals surface area contributed by atoms with Gasteiger partial charge in [0.25, 0.3) is 17.7 Å². The molecule has 3 atom stereocenters. The van der Waals surface area contributed by atoms with Crippen molar-refractivity contribution in [1.29, 1.82) is 0 Å². The second kappa shape index (κ2) is 13.8. The zero-order chi connectivity index (χ0) is 39.7. The first-order valence-corrected chi connectivity index (χ1v) is 18.7. The second-order valence-corrected chi connectivity index (χ2v) is 15.6. The summed E-state index contributed by atoms with van der Waals surface area (Å²) in [4.78, 5) is 75.1. The van der Waals surface area contributed by atoms with Crippen molar-refractivity contribution < 1.29 is 37.1 Å². The van der Waals surface area contributed by atoms with Crippen LogP contribution >= 0.6 is 0 Å². The van der Waals surface area contributed by atoms with Gasteiger partial charge in [0.15, 0.2) is 5.69 Å². The van der Waals surface area contributed by atoms with Gasteiger partial charge in [-0.25, -0.2) is 4.85 Å². The van der Waals surface area contributed by atoms with Crippen LogP contribution in [0.3, 0.4) is 0 Å². The summed E-state index contributed by atoms with van der Waals surface area (Å²) in [6, 6.07) is 8.25. The van der Waals surface area contributed by atoms with Gasteiger partial charge in [-0.05, 0) is 76.3 Å². The monoisotopic (exact) mass is 771 g/mol. The summed E-state index contributed by atoms with van der Waals surface area (Å²) in [5, 5.41) is 9.32. The molecule has 0 saturated carbocycles. The first-order chi connectivity index (χ1) is 26.6. The molecule has 3 aromatic rings. The average Bonchev–Trinajstić information content (AvgIpc) is 3.83. The van der Waals surface area contributed by atoms with E-state index >= 15 is 0 Å². The number of nitrogens with zero attached hydrogens (tertiary/aromatic N) is 7. The molecule has 2 aromatic carbocycles. The van der Waals surface area contributed by atoms with Crippen molar-refractivity contribution >= 4 is 52.3 Å². The third-order valence-electron chi connectivity index (χ3n) is 12.0. The lowest BCUT2D eigenvalue weighted by atomic mass is 9.95. The molecular formula is C39H40F3N9O5. The number of piperazine rings is 1. The molecule has 0 spiro atoms. The minimum Gasteiger partial charge on any atom is -0.369 e. The Balaban J connectivity index is 0.881. The molecule has 56 heavy (non-hydrogen) atoms. The molecule has 6 heterocycles. The lowest BCUT2D eigenvalue weighted by Gasteiger charge is -2.46. The zero-order valence-electron chi connectivity index (χ0n) is 30.8. The smallest absolute Gasteiger partial charge is 0.369 e. The number of anilines is 3. The van der Waals surface area contributed by atoms with Gasteiger partial charge < -0.3 is 15.1 Å². The Bertz CT molecular complexity index is 2170. The Morgan fingerprint density at radius 2 is 1.59 bits per heavy atom. The van der Waals surface area contributed by atoms with Gasteiger partial charge in [0, 0.05) is 68.3 Å². The molecule has 5 aliphatic rings. The number of hydrogen-bond donors (Lipinski definition) is 2. The highest BCUT2D eigenvalue weighted by atomic mass is 19.4. The van der Waals surface area contributed by atoms with E-state index in [1.54, 1.807) is 32.2 Å². The molecule has 1 aromatic heterocycles. The fourth-order valence-corrected chi connectivity index (χ4v) is 8.95. The average molecular weight is 772 g/mol. The van der Waals surface area contributed by atoms with E-state index in [4.69, 9.17) is 6.57 Å². The standard InChI is InChI=1S/C39H40F3N9O5/c1-38(2,37(56)45-22-4-9-31(43-3)30(16-22)39(40,41)42)49-21-27(20-44-49)50-24-5-6-25(50)18-26(17-24)48-14-12-47(13-15-48)23-7-8-28-29(19-23)36(55)51(35(28)54)32-10-11-33(52)46-34(32)53/h4,7-9,16,19-21,24-26,32H,5-6,10-15,17-18H2,1-2H3,(H,45,56)(H,46,52,53). The van der Waals surface area contributed by atoms with Crippen LogP contribution in [0.15, 0.2) is 48.8 Å². The maximum Gasteiger partial charge on any atom is 0.407 e. The molecule has 5 aliphatic heterocycles. The van der Waals surface area contributed by atoms with Crippen LogP contribution in [-0.4, -0.2) is 99.5 Å². The predicted octanol–water partition coefficient (Wildman–Crippen LogP) is 4.55. The number of rotatable bonds is 7. The molecule has 4 fully saturated rings. The molecule has 2 N–H and O–H groups in total. The molecule has 0 radical (unpaired) electrons. The Morgan fingerprint density at radius 1 is 0.893 bits per heavy atom. The van der Waals surface area contributed by atoms with Gasteiger partial charge in [0.1, 0.15) is 11.6 Å². The largest absolute Gasteiger partial charge is 0.407 e. The SMILES string of the molecule is [C-]#[N+]c1ccc(NC(=O)C(C)(C)n2cc(N3C4CCC3CC(N3CCN(c5ccc6c(c5)C(=O)N(C5CCC(=O)NC5=O)C6=O)CC3)C4)cn2)cc1C(F)(F)F. The van der Waals surface area contributed by atoms with Crippen LogP contribution in [-0.2, 0) is 26.1 Å². The number of carbonyl (C=O) groups excluding carboxylic acids is 5. The summed E-state index contributed by atoms with van der Waals surface area (Å²) in [6.45, 7) is 13.5. The van der Waals surface area contributed by atoms with E-state index in [0.29, 0.717) is 6.04 Å². The van der Waals surface area contributed by atoms with Gasteiger partial charge in [-0.1, -0.05) is 6.07 Å². The zero-order valence-corrected chi connectivity index (χ0v) is 30.8. The van der Waals surface area contributed by atoms with Crippen LogP contribution < -0.4 is 20.4 Å².